The SMILES string of the molecule is O=C(Nc1cc(Cl)ccc1O)C(=O)N(CCO)CCO. The number of carbonyl (C=O) groups is 2. The van der Waals surface area contributed by atoms with E-state index in [1.54, 1.807) is 0 Å². The monoisotopic (exact) mass is 302 g/mol. The maximum atomic E-state index is 11.8. The molecular weight excluding hydrogens is 288 g/mol. The van der Waals surface area contributed by atoms with Gasteiger partial charge in [-0.2, -0.15) is 0 Å². The topological polar surface area (TPSA) is 110 Å². The number of halogens is 1. The van der Waals surface area contributed by atoms with Gasteiger partial charge in [0, 0.05) is 18.1 Å². The number of aliphatic hydroxyl groups excluding tert-OH is 2. The van der Waals surface area contributed by atoms with E-state index in [2.05, 4.69) is 5.32 Å². The van der Waals surface area contributed by atoms with Crippen molar-refractivity contribution in [3.05, 3.63) is 23.2 Å². The molecule has 0 unspecified atom stereocenters. The minimum atomic E-state index is -0.996. The Bertz CT molecular complexity index is 489. The molecule has 0 aliphatic rings. The second-order valence-electron chi connectivity index (χ2n) is 3.86. The molecule has 0 saturated carbocycles. The first-order chi connectivity index (χ1) is 9.49. The van der Waals surface area contributed by atoms with Crippen molar-refractivity contribution < 1.29 is 24.9 Å². The summed E-state index contributed by atoms with van der Waals surface area (Å²) in [6.45, 7) is -0.814. The lowest BCUT2D eigenvalue weighted by Crippen LogP contribution is -2.42. The first-order valence-electron chi connectivity index (χ1n) is 5.80. The van der Waals surface area contributed by atoms with E-state index in [4.69, 9.17) is 21.8 Å². The van der Waals surface area contributed by atoms with Gasteiger partial charge in [0.15, 0.2) is 0 Å². The second kappa shape index (κ2) is 7.68. The standard InChI is InChI=1S/C12H15ClN2O5/c13-8-1-2-10(18)9(7-8)14-11(19)12(20)15(3-5-16)4-6-17/h1-2,7,16-18H,3-6H2,(H,14,19). The minimum Gasteiger partial charge on any atom is -0.506 e. The molecule has 8 heteroatoms. The van der Waals surface area contributed by atoms with Gasteiger partial charge in [0.2, 0.25) is 0 Å². The normalized spacial score (nSPS) is 10.2. The summed E-state index contributed by atoms with van der Waals surface area (Å²) in [5, 5.41) is 29.6. The van der Waals surface area contributed by atoms with Crippen LogP contribution in [0, 0.1) is 0 Å². The van der Waals surface area contributed by atoms with Crippen molar-refractivity contribution in [2.45, 2.75) is 0 Å². The van der Waals surface area contributed by atoms with Crippen molar-refractivity contribution in [2.24, 2.45) is 0 Å². The number of carbonyl (C=O) groups excluding carboxylic acids is 2. The molecule has 2 amide bonds. The number of phenolic OH excluding ortho intramolecular Hbond substituents is 1. The van der Waals surface area contributed by atoms with E-state index in [0.29, 0.717) is 0 Å². The first kappa shape index (κ1) is 16.2. The van der Waals surface area contributed by atoms with E-state index in [9.17, 15) is 14.7 Å². The number of hydrogen-bond donors (Lipinski definition) is 4. The van der Waals surface area contributed by atoms with Crippen LogP contribution in [0.4, 0.5) is 5.69 Å². The Morgan fingerprint density at radius 3 is 2.35 bits per heavy atom. The molecule has 0 spiro atoms. The van der Waals surface area contributed by atoms with Crippen molar-refractivity contribution in [3.63, 3.8) is 0 Å². The van der Waals surface area contributed by atoms with E-state index >= 15 is 0 Å². The highest BCUT2D eigenvalue weighted by Crippen LogP contribution is 2.26. The molecule has 110 valence electrons. The van der Waals surface area contributed by atoms with Crippen LogP contribution in [0.15, 0.2) is 18.2 Å². The molecule has 0 aliphatic heterocycles. The molecule has 20 heavy (non-hydrogen) atoms. The number of nitrogens with one attached hydrogen (secondary N) is 1. The number of hydrogen-bond acceptors (Lipinski definition) is 5. The van der Waals surface area contributed by atoms with Crippen LogP contribution in [0.2, 0.25) is 5.02 Å². The van der Waals surface area contributed by atoms with Crippen LogP contribution in [-0.4, -0.2) is 58.3 Å². The van der Waals surface area contributed by atoms with Gasteiger partial charge in [-0.15, -0.1) is 0 Å². The highest BCUT2D eigenvalue weighted by Gasteiger charge is 2.22. The Morgan fingerprint density at radius 1 is 1.20 bits per heavy atom. The van der Waals surface area contributed by atoms with Gasteiger partial charge in [-0.25, -0.2) is 0 Å². The third-order valence-electron chi connectivity index (χ3n) is 2.43. The van der Waals surface area contributed by atoms with Crippen LogP contribution in [0.1, 0.15) is 0 Å². The Labute approximate surface area is 120 Å². The Kier molecular flexibility index (Phi) is 6.23. The Morgan fingerprint density at radius 2 is 1.80 bits per heavy atom. The Hall–Kier alpha value is -1.83. The van der Waals surface area contributed by atoms with E-state index in [1.807, 2.05) is 0 Å². The molecule has 0 radical (unpaired) electrons. The Balaban J connectivity index is 2.78. The average Bonchev–Trinajstić information content (AvgIpc) is 2.41. The van der Waals surface area contributed by atoms with Crippen molar-refractivity contribution in [1.82, 2.24) is 4.90 Å². The fourth-order valence-electron chi connectivity index (χ4n) is 1.48. The molecule has 0 heterocycles. The van der Waals surface area contributed by atoms with E-state index < -0.39 is 11.8 Å². The zero-order chi connectivity index (χ0) is 15.1. The van der Waals surface area contributed by atoms with Crippen LogP contribution >= 0.6 is 11.6 Å². The maximum absolute atomic E-state index is 11.8. The molecule has 0 aliphatic carbocycles. The molecular formula is C12H15ClN2O5. The van der Waals surface area contributed by atoms with Crippen LogP contribution < -0.4 is 5.32 Å². The van der Waals surface area contributed by atoms with Crippen molar-refractivity contribution in [1.29, 1.82) is 0 Å². The van der Waals surface area contributed by atoms with Gasteiger partial charge in [-0.3, -0.25) is 9.59 Å². The summed E-state index contributed by atoms with van der Waals surface area (Å²) in [4.78, 5) is 24.5. The lowest BCUT2D eigenvalue weighted by Gasteiger charge is -2.19. The summed E-state index contributed by atoms with van der Waals surface area (Å²) >= 11 is 5.72. The van der Waals surface area contributed by atoms with Gasteiger partial charge >= 0.3 is 11.8 Å². The number of aliphatic hydroxyl groups is 2. The number of phenols is 1. The van der Waals surface area contributed by atoms with Crippen molar-refractivity contribution in [3.8, 4) is 5.75 Å². The van der Waals surface area contributed by atoms with Gasteiger partial charge in [0.05, 0.1) is 18.9 Å². The molecule has 1 aromatic rings. The van der Waals surface area contributed by atoms with Gasteiger partial charge in [-0.05, 0) is 18.2 Å². The van der Waals surface area contributed by atoms with Crippen molar-refractivity contribution in [2.75, 3.05) is 31.6 Å². The number of aromatic hydroxyl groups is 1. The average molecular weight is 303 g/mol. The van der Waals surface area contributed by atoms with E-state index in [1.165, 1.54) is 18.2 Å². The number of amides is 2. The summed E-state index contributed by atoms with van der Waals surface area (Å²) in [7, 11) is 0. The largest absolute Gasteiger partial charge is 0.506 e. The third kappa shape index (κ3) is 4.37. The number of anilines is 1. The van der Waals surface area contributed by atoms with Crippen LogP contribution in [-0.2, 0) is 9.59 Å². The molecule has 0 aromatic heterocycles. The quantitative estimate of drug-likeness (QED) is 0.445. The lowest BCUT2D eigenvalue weighted by atomic mass is 10.3. The molecule has 4 N–H and O–H groups in total. The maximum Gasteiger partial charge on any atom is 0.314 e. The minimum absolute atomic E-state index is 0.00352. The molecule has 0 bridgehead atoms. The van der Waals surface area contributed by atoms with Gasteiger partial charge in [0.1, 0.15) is 5.75 Å². The van der Waals surface area contributed by atoms with Crippen molar-refractivity contribution >= 4 is 29.1 Å². The van der Waals surface area contributed by atoms with Crippen LogP contribution in [0.25, 0.3) is 0 Å². The summed E-state index contributed by atoms with van der Waals surface area (Å²) < 4.78 is 0. The summed E-state index contributed by atoms with van der Waals surface area (Å²) in [5.74, 6) is -2.15. The molecule has 1 aromatic carbocycles. The van der Waals surface area contributed by atoms with Gasteiger partial charge in [-0.1, -0.05) is 11.6 Å². The molecule has 7 nitrogen and oxygen atoms in total. The molecule has 1 rings (SSSR count). The summed E-state index contributed by atoms with van der Waals surface area (Å²) in [5.41, 5.74) is 0.00352. The fourth-order valence-corrected chi connectivity index (χ4v) is 1.66. The number of rotatable bonds is 5. The second-order valence-corrected chi connectivity index (χ2v) is 4.29. The number of benzene rings is 1. The highest BCUT2D eigenvalue weighted by atomic mass is 35.5. The molecule has 0 atom stereocenters. The smallest absolute Gasteiger partial charge is 0.314 e. The summed E-state index contributed by atoms with van der Waals surface area (Å²) in [6, 6.07) is 4.00. The lowest BCUT2D eigenvalue weighted by molar-refractivity contribution is -0.143. The van der Waals surface area contributed by atoms with Crippen LogP contribution in [0.5, 0.6) is 5.75 Å². The third-order valence-corrected chi connectivity index (χ3v) is 2.66. The predicted molar refractivity (Wildman–Crippen MR) is 72.5 cm³/mol. The summed E-state index contributed by atoms with van der Waals surface area (Å²) in [6.07, 6.45) is 0. The van der Waals surface area contributed by atoms with Gasteiger partial charge in [0.25, 0.3) is 0 Å². The van der Waals surface area contributed by atoms with Gasteiger partial charge < -0.3 is 25.5 Å². The number of nitrogens with zero attached hydrogens (tertiary/aromatic N) is 1. The molecule has 0 saturated heterocycles. The zero-order valence-electron chi connectivity index (χ0n) is 10.5. The van der Waals surface area contributed by atoms with E-state index in [-0.39, 0.29) is 42.8 Å². The molecule has 0 fully saturated rings. The zero-order valence-corrected chi connectivity index (χ0v) is 11.3. The van der Waals surface area contributed by atoms with Crippen LogP contribution in [0.3, 0.4) is 0 Å². The predicted octanol–water partition coefficient (Wildman–Crippen LogP) is -0.203. The first-order valence-corrected chi connectivity index (χ1v) is 6.18. The highest BCUT2D eigenvalue weighted by molar-refractivity contribution is 6.40. The van der Waals surface area contributed by atoms with E-state index in [0.717, 1.165) is 4.90 Å². The fraction of sp³-hybridized carbons (Fsp3) is 0.333.